The molecule has 0 fully saturated rings. The van der Waals surface area contributed by atoms with Crippen LogP contribution in [0.5, 0.6) is 5.75 Å². The molecule has 0 bridgehead atoms. The highest BCUT2D eigenvalue weighted by Crippen LogP contribution is 2.18. The van der Waals surface area contributed by atoms with E-state index in [0.29, 0.717) is 28.5 Å². The molecule has 1 heterocycles. The monoisotopic (exact) mass is 406 g/mol. The van der Waals surface area contributed by atoms with Crippen molar-refractivity contribution < 1.29 is 9.13 Å². The van der Waals surface area contributed by atoms with Gasteiger partial charge in [-0.3, -0.25) is 0 Å². The number of nitrogens with zero attached hydrogens (tertiary/aromatic N) is 2. The minimum Gasteiger partial charge on any atom is -0.489 e. The summed E-state index contributed by atoms with van der Waals surface area (Å²) in [5.41, 5.74) is 5.76. The minimum absolute atomic E-state index is 0.175. The van der Waals surface area contributed by atoms with Crippen molar-refractivity contribution in [2.24, 2.45) is 0 Å². The average Bonchev–Trinajstić information content (AvgIpc) is 3.13. The molecule has 0 radical (unpaired) electrons. The van der Waals surface area contributed by atoms with Crippen molar-refractivity contribution in [2.45, 2.75) is 13.2 Å². The van der Waals surface area contributed by atoms with Crippen molar-refractivity contribution in [3.63, 3.8) is 0 Å². The number of ether oxygens (including phenoxy) is 1. The largest absolute Gasteiger partial charge is 0.489 e. The van der Waals surface area contributed by atoms with E-state index in [1.165, 1.54) is 6.07 Å². The summed E-state index contributed by atoms with van der Waals surface area (Å²) in [5.74, 6) is 1.11. The van der Waals surface area contributed by atoms with Crippen LogP contribution in [0.3, 0.4) is 0 Å². The highest BCUT2D eigenvalue weighted by molar-refractivity contribution is 7.71. The Morgan fingerprint density at radius 2 is 1.79 bits per heavy atom. The number of benzene rings is 3. The number of hydrogen-bond acceptors (Lipinski definition) is 4. The molecular formula is C22H19FN4OS. The fraction of sp³-hybridized carbons (Fsp3) is 0.0909. The molecule has 0 spiro atoms. The zero-order valence-electron chi connectivity index (χ0n) is 15.5. The summed E-state index contributed by atoms with van der Waals surface area (Å²) in [7, 11) is 0. The number of H-pyrrole nitrogens is 1. The molecule has 0 aliphatic rings. The van der Waals surface area contributed by atoms with Crippen molar-refractivity contribution in [2.75, 3.05) is 5.43 Å². The predicted octanol–water partition coefficient (Wildman–Crippen LogP) is 5.07. The van der Waals surface area contributed by atoms with Gasteiger partial charge in [-0.2, -0.15) is 5.10 Å². The average molecular weight is 406 g/mol. The first-order chi connectivity index (χ1) is 14.2. The van der Waals surface area contributed by atoms with Gasteiger partial charge < -0.3 is 10.2 Å². The summed E-state index contributed by atoms with van der Waals surface area (Å²) < 4.78 is 21.7. The van der Waals surface area contributed by atoms with Gasteiger partial charge in [0.2, 0.25) is 4.77 Å². The third kappa shape index (κ3) is 4.52. The lowest BCUT2D eigenvalue weighted by atomic mass is 10.2. The molecule has 146 valence electrons. The van der Waals surface area contributed by atoms with Crippen LogP contribution in [0.2, 0.25) is 0 Å². The summed E-state index contributed by atoms with van der Waals surface area (Å²) in [4.78, 5) is 0. The molecule has 5 nitrogen and oxygen atoms in total. The topological polar surface area (TPSA) is 54.9 Å². The normalized spacial score (nSPS) is 10.7. The molecule has 4 aromatic rings. The second kappa shape index (κ2) is 8.70. The van der Waals surface area contributed by atoms with E-state index in [2.05, 4.69) is 15.6 Å². The molecule has 7 heteroatoms. The van der Waals surface area contributed by atoms with Crippen molar-refractivity contribution in [3.05, 3.63) is 101 Å². The Morgan fingerprint density at radius 1 is 1.00 bits per heavy atom. The Bertz CT molecular complexity index is 1160. The zero-order valence-corrected chi connectivity index (χ0v) is 16.3. The molecule has 1 aromatic heterocycles. The Balaban J connectivity index is 1.45. The van der Waals surface area contributed by atoms with Gasteiger partial charge in [-0.1, -0.05) is 60.7 Å². The molecular weight excluding hydrogens is 387 g/mol. The van der Waals surface area contributed by atoms with Crippen LogP contribution in [0, 0.1) is 10.6 Å². The van der Waals surface area contributed by atoms with E-state index in [4.69, 9.17) is 17.0 Å². The second-order valence-electron chi connectivity index (χ2n) is 6.42. The maximum absolute atomic E-state index is 13.8. The fourth-order valence-corrected chi connectivity index (χ4v) is 3.11. The Kier molecular flexibility index (Phi) is 5.67. The van der Waals surface area contributed by atoms with E-state index in [-0.39, 0.29) is 12.4 Å². The van der Waals surface area contributed by atoms with Gasteiger partial charge in [0, 0.05) is 11.1 Å². The van der Waals surface area contributed by atoms with Crippen molar-refractivity contribution in [1.82, 2.24) is 14.9 Å². The SMILES string of the molecule is Fc1ccccc1COc1cccc(CNn2c(-c3ccccc3)n[nH]c2=S)c1. The van der Waals surface area contributed by atoms with Crippen LogP contribution in [0.25, 0.3) is 11.4 Å². The van der Waals surface area contributed by atoms with E-state index < -0.39 is 0 Å². The maximum Gasteiger partial charge on any atom is 0.214 e. The lowest BCUT2D eigenvalue weighted by Crippen LogP contribution is -2.16. The van der Waals surface area contributed by atoms with E-state index in [9.17, 15) is 4.39 Å². The molecule has 29 heavy (non-hydrogen) atoms. The summed E-state index contributed by atoms with van der Waals surface area (Å²) in [6.45, 7) is 0.694. The number of nitrogens with one attached hydrogen (secondary N) is 2. The van der Waals surface area contributed by atoms with Crippen LogP contribution in [0.15, 0.2) is 78.9 Å². The quantitative estimate of drug-likeness (QED) is 0.421. The van der Waals surface area contributed by atoms with Crippen LogP contribution in [0.4, 0.5) is 4.39 Å². The molecule has 2 N–H and O–H groups in total. The van der Waals surface area contributed by atoms with Gasteiger partial charge in [-0.05, 0) is 36.0 Å². The van der Waals surface area contributed by atoms with E-state index >= 15 is 0 Å². The third-order valence-corrected chi connectivity index (χ3v) is 4.67. The van der Waals surface area contributed by atoms with Crippen LogP contribution in [0.1, 0.15) is 11.1 Å². The zero-order chi connectivity index (χ0) is 20.1. The first-order valence-electron chi connectivity index (χ1n) is 9.12. The van der Waals surface area contributed by atoms with E-state index in [1.54, 1.807) is 22.9 Å². The van der Waals surface area contributed by atoms with Crippen molar-refractivity contribution >= 4 is 12.2 Å². The van der Waals surface area contributed by atoms with Crippen LogP contribution < -0.4 is 10.2 Å². The molecule has 0 unspecified atom stereocenters. The first-order valence-corrected chi connectivity index (χ1v) is 9.53. The highest BCUT2D eigenvalue weighted by Gasteiger charge is 2.08. The maximum atomic E-state index is 13.8. The van der Waals surface area contributed by atoms with Crippen molar-refractivity contribution in [1.29, 1.82) is 0 Å². The number of aromatic nitrogens is 3. The van der Waals surface area contributed by atoms with Gasteiger partial charge in [0.05, 0.1) is 6.54 Å². The number of halogens is 1. The molecule has 3 aromatic carbocycles. The Morgan fingerprint density at radius 3 is 2.62 bits per heavy atom. The molecule has 0 aliphatic heterocycles. The lowest BCUT2D eigenvalue weighted by molar-refractivity contribution is 0.299. The van der Waals surface area contributed by atoms with Crippen LogP contribution >= 0.6 is 12.2 Å². The number of rotatable bonds is 7. The van der Waals surface area contributed by atoms with E-state index in [0.717, 1.165) is 11.1 Å². The van der Waals surface area contributed by atoms with E-state index in [1.807, 2.05) is 54.6 Å². The molecule has 4 rings (SSSR count). The van der Waals surface area contributed by atoms with Gasteiger partial charge in [-0.25, -0.2) is 14.2 Å². The molecule has 0 aliphatic carbocycles. The second-order valence-corrected chi connectivity index (χ2v) is 6.80. The smallest absolute Gasteiger partial charge is 0.214 e. The number of aromatic amines is 1. The molecule has 0 atom stereocenters. The standard InChI is InChI=1S/C22H19FN4OS/c23-20-12-5-4-10-18(20)15-28-19-11-6-7-16(13-19)14-24-27-21(25-26-22(27)29)17-8-2-1-3-9-17/h1-13,24H,14-15H2,(H,26,29). The predicted molar refractivity (Wildman–Crippen MR) is 113 cm³/mol. The fourth-order valence-electron chi connectivity index (χ4n) is 2.92. The van der Waals surface area contributed by atoms with Crippen LogP contribution in [-0.2, 0) is 13.2 Å². The van der Waals surface area contributed by atoms with Gasteiger partial charge in [0.1, 0.15) is 18.2 Å². The molecule has 0 saturated carbocycles. The Labute approximate surface area is 172 Å². The van der Waals surface area contributed by atoms with Gasteiger partial charge in [-0.15, -0.1) is 0 Å². The van der Waals surface area contributed by atoms with Gasteiger partial charge >= 0.3 is 0 Å². The Hall–Kier alpha value is -3.45. The summed E-state index contributed by atoms with van der Waals surface area (Å²) in [5, 5.41) is 7.13. The summed E-state index contributed by atoms with van der Waals surface area (Å²) in [6, 6.07) is 24.1. The minimum atomic E-state index is -0.270. The van der Waals surface area contributed by atoms with Gasteiger partial charge in [0.15, 0.2) is 5.82 Å². The molecule has 0 amide bonds. The third-order valence-electron chi connectivity index (χ3n) is 4.40. The van der Waals surface area contributed by atoms with Crippen molar-refractivity contribution in [3.8, 4) is 17.1 Å². The van der Waals surface area contributed by atoms with Crippen LogP contribution in [-0.4, -0.2) is 14.9 Å². The summed E-state index contributed by atoms with van der Waals surface area (Å²) >= 11 is 5.34. The summed E-state index contributed by atoms with van der Waals surface area (Å²) in [6.07, 6.45) is 0. The highest BCUT2D eigenvalue weighted by atomic mass is 32.1. The lowest BCUT2D eigenvalue weighted by Gasteiger charge is -2.12. The first kappa shape index (κ1) is 18.9. The van der Waals surface area contributed by atoms with Gasteiger partial charge in [0.25, 0.3) is 0 Å². The number of hydrogen-bond donors (Lipinski definition) is 2. The molecule has 0 saturated heterocycles.